The van der Waals surface area contributed by atoms with Crippen LogP contribution in [0, 0.1) is 6.92 Å². The van der Waals surface area contributed by atoms with Crippen molar-refractivity contribution in [1.29, 1.82) is 0 Å². The SMILES string of the molecule is Cc1nnc2ccc(-c3ccc(NC(=O)C4(c5cccs5)CCCC4)cc3)nn12. The van der Waals surface area contributed by atoms with Crippen LogP contribution in [0.3, 0.4) is 0 Å². The van der Waals surface area contributed by atoms with Gasteiger partial charge in [-0.25, -0.2) is 0 Å². The first-order valence-electron chi connectivity index (χ1n) is 9.81. The number of carbonyl (C=O) groups excluding carboxylic acids is 1. The zero-order valence-electron chi connectivity index (χ0n) is 16.1. The molecule has 0 radical (unpaired) electrons. The molecule has 146 valence electrons. The largest absolute Gasteiger partial charge is 0.325 e. The van der Waals surface area contributed by atoms with Gasteiger partial charge in [-0.05, 0) is 55.5 Å². The van der Waals surface area contributed by atoms with Gasteiger partial charge >= 0.3 is 0 Å². The van der Waals surface area contributed by atoms with Crippen molar-refractivity contribution in [2.24, 2.45) is 0 Å². The van der Waals surface area contributed by atoms with E-state index in [-0.39, 0.29) is 11.3 Å². The molecule has 0 aliphatic heterocycles. The maximum absolute atomic E-state index is 13.2. The lowest BCUT2D eigenvalue weighted by Crippen LogP contribution is -2.37. The molecule has 0 bridgehead atoms. The summed E-state index contributed by atoms with van der Waals surface area (Å²) < 4.78 is 1.73. The van der Waals surface area contributed by atoms with E-state index in [1.165, 1.54) is 4.88 Å². The average Bonchev–Trinajstić information content (AvgIpc) is 3.50. The summed E-state index contributed by atoms with van der Waals surface area (Å²) in [6.07, 6.45) is 4.03. The molecular formula is C22H21N5OS. The second-order valence-electron chi connectivity index (χ2n) is 7.53. The Morgan fingerprint density at radius 3 is 2.59 bits per heavy atom. The van der Waals surface area contributed by atoms with Crippen molar-refractivity contribution in [3.63, 3.8) is 0 Å². The summed E-state index contributed by atoms with van der Waals surface area (Å²) in [6.45, 7) is 1.88. The Morgan fingerprint density at radius 1 is 1.07 bits per heavy atom. The Hall–Kier alpha value is -3.06. The first-order valence-corrected chi connectivity index (χ1v) is 10.7. The van der Waals surface area contributed by atoms with E-state index in [4.69, 9.17) is 0 Å². The van der Waals surface area contributed by atoms with E-state index in [1.807, 2.05) is 49.4 Å². The molecule has 1 aliphatic rings. The minimum Gasteiger partial charge on any atom is -0.325 e. The average molecular weight is 404 g/mol. The molecule has 1 aromatic carbocycles. The summed E-state index contributed by atoms with van der Waals surface area (Å²) in [5.74, 6) is 0.853. The zero-order valence-corrected chi connectivity index (χ0v) is 16.9. The summed E-state index contributed by atoms with van der Waals surface area (Å²) in [7, 11) is 0. The van der Waals surface area contributed by atoms with Crippen LogP contribution in [0.5, 0.6) is 0 Å². The first-order chi connectivity index (χ1) is 14.2. The van der Waals surface area contributed by atoms with Crippen LogP contribution in [0.2, 0.25) is 0 Å². The number of nitrogens with zero attached hydrogens (tertiary/aromatic N) is 4. The number of benzene rings is 1. The predicted octanol–water partition coefficient (Wildman–Crippen LogP) is 4.61. The minimum atomic E-state index is -0.384. The van der Waals surface area contributed by atoms with Gasteiger partial charge in [0.1, 0.15) is 0 Å². The molecule has 29 heavy (non-hydrogen) atoms. The number of aromatic nitrogens is 4. The van der Waals surface area contributed by atoms with E-state index in [1.54, 1.807) is 15.9 Å². The maximum Gasteiger partial charge on any atom is 0.235 e. The smallest absolute Gasteiger partial charge is 0.235 e. The lowest BCUT2D eigenvalue weighted by atomic mass is 9.83. The monoisotopic (exact) mass is 403 g/mol. The van der Waals surface area contributed by atoms with Crippen molar-refractivity contribution in [2.75, 3.05) is 5.32 Å². The molecule has 1 amide bonds. The Kier molecular flexibility index (Phi) is 4.39. The van der Waals surface area contributed by atoms with Gasteiger partial charge in [0, 0.05) is 16.1 Å². The number of hydrogen-bond donors (Lipinski definition) is 1. The predicted molar refractivity (Wildman–Crippen MR) is 114 cm³/mol. The van der Waals surface area contributed by atoms with Gasteiger partial charge in [-0.2, -0.15) is 9.61 Å². The topological polar surface area (TPSA) is 72.2 Å². The second-order valence-corrected chi connectivity index (χ2v) is 8.48. The van der Waals surface area contributed by atoms with E-state index < -0.39 is 0 Å². The fourth-order valence-corrected chi connectivity index (χ4v) is 5.12. The molecule has 0 atom stereocenters. The van der Waals surface area contributed by atoms with Crippen LogP contribution in [0.15, 0.2) is 53.9 Å². The number of hydrogen-bond acceptors (Lipinski definition) is 5. The molecule has 0 spiro atoms. The number of aryl methyl sites for hydroxylation is 1. The number of fused-ring (bicyclic) bond motifs is 1. The third-order valence-corrected chi connectivity index (χ3v) is 6.82. The summed E-state index contributed by atoms with van der Waals surface area (Å²) in [6, 6.07) is 15.8. The molecule has 1 fully saturated rings. The van der Waals surface area contributed by atoms with Crippen LogP contribution < -0.4 is 5.32 Å². The van der Waals surface area contributed by atoms with Gasteiger partial charge in [-0.15, -0.1) is 21.5 Å². The van der Waals surface area contributed by atoms with Crippen LogP contribution in [0.1, 0.15) is 36.4 Å². The third kappa shape index (κ3) is 3.11. The first kappa shape index (κ1) is 18.0. The van der Waals surface area contributed by atoms with Gasteiger partial charge in [-0.3, -0.25) is 4.79 Å². The number of carbonyl (C=O) groups is 1. The molecule has 0 saturated heterocycles. The van der Waals surface area contributed by atoms with Gasteiger partial charge in [-0.1, -0.05) is 31.0 Å². The van der Waals surface area contributed by atoms with Gasteiger partial charge in [0.05, 0.1) is 11.1 Å². The highest BCUT2D eigenvalue weighted by atomic mass is 32.1. The lowest BCUT2D eigenvalue weighted by Gasteiger charge is -2.26. The number of rotatable bonds is 4. The number of anilines is 1. The zero-order chi connectivity index (χ0) is 19.8. The Bertz CT molecular complexity index is 1160. The van der Waals surface area contributed by atoms with E-state index in [0.717, 1.165) is 54.1 Å². The molecular weight excluding hydrogens is 382 g/mol. The third-order valence-electron chi connectivity index (χ3n) is 5.74. The van der Waals surface area contributed by atoms with Crippen LogP contribution in [-0.4, -0.2) is 25.7 Å². The quantitative estimate of drug-likeness (QED) is 0.540. The van der Waals surface area contributed by atoms with Crippen molar-refractivity contribution in [1.82, 2.24) is 19.8 Å². The summed E-state index contributed by atoms with van der Waals surface area (Å²) in [5.41, 5.74) is 2.97. The van der Waals surface area contributed by atoms with Gasteiger partial charge < -0.3 is 5.32 Å². The Morgan fingerprint density at radius 2 is 1.86 bits per heavy atom. The maximum atomic E-state index is 13.2. The number of thiophene rings is 1. The normalized spacial score (nSPS) is 15.6. The number of amides is 1. The van der Waals surface area contributed by atoms with E-state index >= 15 is 0 Å². The van der Waals surface area contributed by atoms with Crippen molar-refractivity contribution in [3.05, 3.63) is 64.6 Å². The highest BCUT2D eigenvalue weighted by molar-refractivity contribution is 7.10. The molecule has 1 aliphatic carbocycles. The fraction of sp³-hybridized carbons (Fsp3) is 0.273. The summed E-state index contributed by atoms with van der Waals surface area (Å²) in [5, 5.41) is 17.9. The lowest BCUT2D eigenvalue weighted by molar-refractivity contribution is -0.121. The minimum absolute atomic E-state index is 0.102. The molecule has 1 saturated carbocycles. The highest BCUT2D eigenvalue weighted by Crippen LogP contribution is 2.44. The molecule has 4 aromatic rings. The van der Waals surface area contributed by atoms with E-state index in [2.05, 4.69) is 32.1 Å². The van der Waals surface area contributed by atoms with Crippen LogP contribution in [0.4, 0.5) is 5.69 Å². The number of nitrogens with one attached hydrogen (secondary N) is 1. The molecule has 5 rings (SSSR count). The van der Waals surface area contributed by atoms with Gasteiger partial charge in [0.15, 0.2) is 11.5 Å². The molecule has 6 nitrogen and oxygen atoms in total. The second kappa shape index (κ2) is 7.08. The molecule has 3 heterocycles. The standard InChI is InChI=1S/C22H21N5OS/c1-15-24-25-20-11-10-18(26-27(15)20)16-6-8-17(9-7-16)23-21(28)22(12-2-3-13-22)19-5-4-14-29-19/h4-11,14H,2-3,12-13H2,1H3,(H,23,28). The summed E-state index contributed by atoms with van der Waals surface area (Å²) in [4.78, 5) is 14.4. The Labute approximate surface area is 172 Å². The van der Waals surface area contributed by atoms with Crippen molar-refractivity contribution < 1.29 is 4.79 Å². The fourth-order valence-electron chi connectivity index (χ4n) is 4.14. The van der Waals surface area contributed by atoms with Crippen molar-refractivity contribution in [2.45, 2.75) is 38.0 Å². The van der Waals surface area contributed by atoms with Gasteiger partial charge in [0.25, 0.3) is 0 Å². The van der Waals surface area contributed by atoms with Crippen LogP contribution >= 0.6 is 11.3 Å². The molecule has 7 heteroatoms. The van der Waals surface area contributed by atoms with Crippen LogP contribution in [0.25, 0.3) is 16.9 Å². The van der Waals surface area contributed by atoms with Crippen LogP contribution in [-0.2, 0) is 10.2 Å². The molecule has 1 N–H and O–H groups in total. The van der Waals surface area contributed by atoms with Gasteiger partial charge in [0.2, 0.25) is 5.91 Å². The Balaban J connectivity index is 1.38. The molecule has 0 unspecified atom stereocenters. The van der Waals surface area contributed by atoms with Crippen molar-refractivity contribution in [3.8, 4) is 11.3 Å². The van der Waals surface area contributed by atoms with E-state index in [9.17, 15) is 4.79 Å². The summed E-state index contributed by atoms with van der Waals surface area (Å²) >= 11 is 1.68. The van der Waals surface area contributed by atoms with Crippen molar-refractivity contribution >= 4 is 28.6 Å². The highest BCUT2D eigenvalue weighted by Gasteiger charge is 2.43. The van der Waals surface area contributed by atoms with E-state index in [0.29, 0.717) is 0 Å². The molecule has 3 aromatic heterocycles.